The van der Waals surface area contributed by atoms with Crippen LogP contribution in [0.1, 0.15) is 5.56 Å². The van der Waals surface area contributed by atoms with E-state index in [0.717, 1.165) is 0 Å². The predicted molar refractivity (Wildman–Crippen MR) is 44.3 cm³/mol. The van der Waals surface area contributed by atoms with Gasteiger partial charge in [-0.1, -0.05) is 13.0 Å². The zero-order valence-corrected chi connectivity index (χ0v) is 9.16. The van der Waals surface area contributed by atoms with Crippen molar-refractivity contribution in [2.75, 3.05) is 0 Å². The molecule has 0 atom stereocenters. The van der Waals surface area contributed by atoms with Crippen LogP contribution in [0.3, 0.4) is 0 Å². The van der Waals surface area contributed by atoms with Crippen LogP contribution in [0.5, 0.6) is 0 Å². The van der Waals surface area contributed by atoms with E-state index in [-0.39, 0.29) is 35.8 Å². The van der Waals surface area contributed by atoms with Crippen LogP contribution >= 0.6 is 0 Å². The molecule has 0 spiro atoms. The number of halogens is 3. The molecule has 0 saturated heterocycles. The Kier molecular flexibility index (Phi) is 10.5. The standard InChI is InChI=1S/C10H9.3FH.Ti/c1-8-6-9-4-2-3-5-10(9)7-8;;;;/h2-7H,1H3;3*1H;/q-1;;;;+4/p-3. The third-order valence-electron chi connectivity index (χ3n) is 1.76. The van der Waals surface area contributed by atoms with Gasteiger partial charge in [-0.15, -0.1) is 40.6 Å². The average Bonchev–Trinajstić information content (AvgIpc) is 2.27. The molecule has 0 aliphatic carbocycles. The van der Waals surface area contributed by atoms with Gasteiger partial charge in [-0.2, -0.15) is 6.07 Å². The maximum Gasteiger partial charge on any atom is 4.00 e. The molecule has 0 fully saturated rings. The quantitative estimate of drug-likeness (QED) is 0.314. The van der Waals surface area contributed by atoms with E-state index in [0.29, 0.717) is 0 Å². The molecule has 0 aliphatic heterocycles. The zero-order valence-electron chi connectivity index (χ0n) is 7.60. The summed E-state index contributed by atoms with van der Waals surface area (Å²) in [6, 6.07) is 12.8. The van der Waals surface area contributed by atoms with Crippen LogP contribution in [0.15, 0.2) is 36.4 Å². The molecular weight excluding hydrogens is 225 g/mol. The number of aryl methyl sites for hydroxylation is 1. The third-order valence-corrected chi connectivity index (χ3v) is 1.76. The van der Waals surface area contributed by atoms with Crippen molar-refractivity contribution in [2.24, 2.45) is 0 Å². The van der Waals surface area contributed by atoms with Gasteiger partial charge in [-0.05, 0) is 0 Å². The molecule has 2 aromatic carbocycles. The first-order valence-electron chi connectivity index (χ1n) is 3.48. The van der Waals surface area contributed by atoms with Gasteiger partial charge in [0.25, 0.3) is 0 Å². The molecule has 0 aliphatic rings. The summed E-state index contributed by atoms with van der Waals surface area (Å²) >= 11 is 0. The summed E-state index contributed by atoms with van der Waals surface area (Å²) in [5, 5.41) is 2.69. The van der Waals surface area contributed by atoms with Gasteiger partial charge in [0.1, 0.15) is 0 Å². The van der Waals surface area contributed by atoms with E-state index in [1.54, 1.807) is 0 Å². The van der Waals surface area contributed by atoms with E-state index in [1.807, 2.05) is 0 Å². The average molecular weight is 234 g/mol. The Hall–Kier alpha value is -0.666. The molecular formula is C10H9F3Ti. The topological polar surface area (TPSA) is 0 Å². The van der Waals surface area contributed by atoms with Gasteiger partial charge in [-0.3, -0.25) is 0 Å². The van der Waals surface area contributed by atoms with E-state index < -0.39 is 0 Å². The summed E-state index contributed by atoms with van der Waals surface area (Å²) in [6.07, 6.45) is 0. The van der Waals surface area contributed by atoms with Crippen molar-refractivity contribution in [3.8, 4) is 0 Å². The molecule has 0 radical (unpaired) electrons. The number of hydrogen-bond acceptors (Lipinski definition) is 0. The second kappa shape index (κ2) is 7.71. The molecule has 0 saturated carbocycles. The van der Waals surface area contributed by atoms with E-state index in [9.17, 15) is 0 Å². The minimum Gasteiger partial charge on any atom is -1.00 e. The van der Waals surface area contributed by atoms with Crippen molar-refractivity contribution >= 4 is 10.8 Å². The third kappa shape index (κ3) is 3.60. The number of fused-ring (bicyclic) bond motifs is 1. The summed E-state index contributed by atoms with van der Waals surface area (Å²) in [5.41, 5.74) is 1.35. The summed E-state index contributed by atoms with van der Waals surface area (Å²) in [6.45, 7) is 2.12. The van der Waals surface area contributed by atoms with Crippen molar-refractivity contribution in [1.29, 1.82) is 0 Å². The molecule has 0 heterocycles. The summed E-state index contributed by atoms with van der Waals surface area (Å²) in [4.78, 5) is 0. The SMILES string of the molecule is Cc1cc2ccccc2[cH-]1.[F-].[F-].[F-].[Ti+4]. The van der Waals surface area contributed by atoms with Crippen LogP contribution in [0, 0.1) is 6.92 Å². The maximum absolute atomic E-state index is 2.20. The molecule has 4 heteroatoms. The van der Waals surface area contributed by atoms with Crippen LogP contribution in [0.25, 0.3) is 10.8 Å². The van der Waals surface area contributed by atoms with Gasteiger partial charge in [-0.25, -0.2) is 0 Å². The Balaban J connectivity index is -0.000000302. The fourth-order valence-corrected chi connectivity index (χ4v) is 1.31. The van der Waals surface area contributed by atoms with Crippen molar-refractivity contribution < 1.29 is 35.8 Å². The van der Waals surface area contributed by atoms with Gasteiger partial charge in [0, 0.05) is 0 Å². The van der Waals surface area contributed by atoms with Gasteiger partial charge < -0.3 is 14.1 Å². The van der Waals surface area contributed by atoms with Crippen LogP contribution in [0.2, 0.25) is 0 Å². The first-order valence-corrected chi connectivity index (χ1v) is 3.48. The fourth-order valence-electron chi connectivity index (χ4n) is 1.31. The monoisotopic (exact) mass is 234 g/mol. The van der Waals surface area contributed by atoms with E-state index >= 15 is 0 Å². The molecule has 0 bridgehead atoms. The Labute approximate surface area is 95.7 Å². The van der Waals surface area contributed by atoms with Crippen molar-refractivity contribution in [3.05, 3.63) is 42.0 Å². The van der Waals surface area contributed by atoms with Gasteiger partial charge in [0.05, 0.1) is 0 Å². The molecule has 0 amide bonds. The number of benzene rings is 1. The second-order valence-electron chi connectivity index (χ2n) is 2.66. The molecule has 74 valence electrons. The van der Waals surface area contributed by atoms with Gasteiger partial charge in [0.15, 0.2) is 0 Å². The van der Waals surface area contributed by atoms with Crippen molar-refractivity contribution in [3.63, 3.8) is 0 Å². The first-order chi connectivity index (χ1) is 4.86. The Morgan fingerprint density at radius 3 is 2.14 bits per heavy atom. The Morgan fingerprint density at radius 2 is 1.57 bits per heavy atom. The molecule has 0 unspecified atom stereocenters. The van der Waals surface area contributed by atoms with Crippen LogP contribution in [-0.4, -0.2) is 0 Å². The van der Waals surface area contributed by atoms with Crippen LogP contribution in [0.4, 0.5) is 0 Å². The van der Waals surface area contributed by atoms with E-state index in [4.69, 9.17) is 0 Å². The second-order valence-corrected chi connectivity index (χ2v) is 2.66. The smallest absolute Gasteiger partial charge is 1.00 e. The molecule has 14 heavy (non-hydrogen) atoms. The predicted octanol–water partition coefficient (Wildman–Crippen LogP) is -6.12. The number of hydrogen-bond donors (Lipinski definition) is 0. The van der Waals surface area contributed by atoms with E-state index in [2.05, 4.69) is 43.3 Å². The normalized spacial score (nSPS) is 7.50. The van der Waals surface area contributed by atoms with Crippen molar-refractivity contribution in [2.45, 2.75) is 6.92 Å². The van der Waals surface area contributed by atoms with E-state index in [1.165, 1.54) is 16.3 Å². The summed E-state index contributed by atoms with van der Waals surface area (Å²) in [7, 11) is 0. The Morgan fingerprint density at radius 1 is 1.00 bits per heavy atom. The maximum atomic E-state index is 2.20. The molecule has 2 aromatic rings. The van der Waals surface area contributed by atoms with Gasteiger partial charge >= 0.3 is 21.7 Å². The van der Waals surface area contributed by atoms with Crippen LogP contribution < -0.4 is 14.1 Å². The zero-order chi connectivity index (χ0) is 6.97. The minimum absolute atomic E-state index is 0. The van der Waals surface area contributed by atoms with Gasteiger partial charge in [0.2, 0.25) is 0 Å². The minimum atomic E-state index is 0. The Bertz CT molecular complexity index is 324. The summed E-state index contributed by atoms with van der Waals surface area (Å²) < 4.78 is 0. The molecule has 0 aromatic heterocycles. The first kappa shape index (κ1) is 19.0. The summed E-state index contributed by atoms with van der Waals surface area (Å²) in [5.74, 6) is 0. The molecule has 2 rings (SSSR count). The molecule has 0 nitrogen and oxygen atoms in total. The fraction of sp³-hybridized carbons (Fsp3) is 0.100. The van der Waals surface area contributed by atoms with Crippen LogP contribution in [-0.2, 0) is 21.7 Å². The largest absolute Gasteiger partial charge is 4.00 e. The number of rotatable bonds is 0. The molecule has 0 N–H and O–H groups in total. The van der Waals surface area contributed by atoms with Crippen molar-refractivity contribution in [1.82, 2.24) is 0 Å².